The van der Waals surface area contributed by atoms with Gasteiger partial charge in [0, 0.05) is 19.7 Å². The molecular formula is C12H5Br3O. The molecule has 16 heavy (non-hydrogen) atoms. The van der Waals surface area contributed by atoms with Crippen molar-refractivity contribution in [3.63, 3.8) is 0 Å². The molecule has 0 spiro atoms. The zero-order chi connectivity index (χ0) is 11.3. The predicted octanol–water partition coefficient (Wildman–Crippen LogP) is 5.87. The maximum Gasteiger partial charge on any atom is 0.149 e. The number of fused-ring (bicyclic) bond motifs is 3. The van der Waals surface area contributed by atoms with Gasteiger partial charge in [-0.15, -0.1) is 0 Å². The van der Waals surface area contributed by atoms with Gasteiger partial charge < -0.3 is 4.42 Å². The second kappa shape index (κ2) is 3.86. The highest BCUT2D eigenvalue weighted by Crippen LogP contribution is 2.38. The summed E-state index contributed by atoms with van der Waals surface area (Å²) in [6.45, 7) is 0. The van der Waals surface area contributed by atoms with E-state index >= 15 is 0 Å². The number of hydrogen-bond acceptors (Lipinski definition) is 1. The van der Waals surface area contributed by atoms with Crippen LogP contribution >= 0.6 is 47.8 Å². The van der Waals surface area contributed by atoms with Gasteiger partial charge in [0.1, 0.15) is 11.2 Å². The first kappa shape index (κ1) is 10.8. The first-order valence-electron chi connectivity index (χ1n) is 4.62. The van der Waals surface area contributed by atoms with Crippen LogP contribution in [0.15, 0.2) is 48.2 Å². The molecule has 2 aromatic carbocycles. The Morgan fingerprint density at radius 2 is 1.75 bits per heavy atom. The Labute approximate surface area is 117 Å². The molecule has 0 bridgehead atoms. The molecule has 0 saturated heterocycles. The molecule has 0 radical (unpaired) electrons. The molecule has 0 N–H and O–H groups in total. The molecule has 1 aromatic heterocycles. The molecule has 0 aliphatic rings. The van der Waals surface area contributed by atoms with Crippen LogP contribution in [0, 0.1) is 0 Å². The first-order chi connectivity index (χ1) is 7.66. The van der Waals surface area contributed by atoms with Gasteiger partial charge in [-0.3, -0.25) is 0 Å². The lowest BCUT2D eigenvalue weighted by molar-refractivity contribution is 0.666. The molecule has 4 heteroatoms. The Balaban J connectivity index is 2.63. The molecule has 80 valence electrons. The van der Waals surface area contributed by atoms with E-state index in [1.54, 1.807) is 0 Å². The average Bonchev–Trinajstić information content (AvgIpc) is 2.58. The molecule has 0 unspecified atom stereocenters. The van der Waals surface area contributed by atoms with Crippen LogP contribution in [-0.2, 0) is 0 Å². The van der Waals surface area contributed by atoms with Crippen LogP contribution in [0.1, 0.15) is 0 Å². The third-order valence-electron chi connectivity index (χ3n) is 2.47. The fourth-order valence-electron chi connectivity index (χ4n) is 1.81. The predicted molar refractivity (Wildman–Crippen MR) is 76.8 cm³/mol. The zero-order valence-electron chi connectivity index (χ0n) is 7.93. The number of hydrogen-bond donors (Lipinski definition) is 0. The van der Waals surface area contributed by atoms with E-state index in [0.717, 1.165) is 35.4 Å². The van der Waals surface area contributed by atoms with Crippen molar-refractivity contribution >= 4 is 69.7 Å². The highest BCUT2D eigenvalue weighted by molar-refractivity contribution is 9.11. The summed E-state index contributed by atoms with van der Waals surface area (Å²) in [5.74, 6) is 0. The molecule has 1 nitrogen and oxygen atoms in total. The summed E-state index contributed by atoms with van der Waals surface area (Å²) in [7, 11) is 0. The SMILES string of the molecule is Brc1cc(Br)c2oc3cccc(Br)c3c2c1. The molecule has 3 rings (SSSR count). The fraction of sp³-hybridized carbons (Fsp3) is 0. The van der Waals surface area contributed by atoms with Crippen LogP contribution in [0.3, 0.4) is 0 Å². The topological polar surface area (TPSA) is 13.1 Å². The summed E-state index contributed by atoms with van der Waals surface area (Å²) in [5, 5.41) is 2.21. The second-order valence-corrected chi connectivity index (χ2v) is 6.10. The molecule has 0 atom stereocenters. The van der Waals surface area contributed by atoms with Crippen molar-refractivity contribution in [1.29, 1.82) is 0 Å². The van der Waals surface area contributed by atoms with Crippen LogP contribution in [0.25, 0.3) is 21.9 Å². The van der Waals surface area contributed by atoms with Crippen LogP contribution in [0.4, 0.5) is 0 Å². The minimum absolute atomic E-state index is 0.880. The molecule has 0 saturated carbocycles. The van der Waals surface area contributed by atoms with E-state index in [0.29, 0.717) is 0 Å². The van der Waals surface area contributed by atoms with Gasteiger partial charge in [-0.25, -0.2) is 0 Å². The maximum atomic E-state index is 5.82. The summed E-state index contributed by atoms with van der Waals surface area (Å²) < 4.78 is 8.86. The Bertz CT molecular complexity index is 700. The van der Waals surface area contributed by atoms with Gasteiger partial charge in [0.15, 0.2) is 0 Å². The average molecular weight is 405 g/mol. The molecule has 0 amide bonds. The molecule has 0 aliphatic heterocycles. The van der Waals surface area contributed by atoms with E-state index in [9.17, 15) is 0 Å². The molecule has 0 fully saturated rings. The van der Waals surface area contributed by atoms with Gasteiger partial charge in [-0.05, 0) is 40.2 Å². The van der Waals surface area contributed by atoms with E-state index in [2.05, 4.69) is 53.9 Å². The normalized spacial score (nSPS) is 11.4. The number of rotatable bonds is 0. The second-order valence-electron chi connectivity index (χ2n) is 3.48. The van der Waals surface area contributed by atoms with E-state index in [4.69, 9.17) is 4.42 Å². The minimum Gasteiger partial charge on any atom is -0.455 e. The summed E-state index contributed by atoms with van der Waals surface area (Å²) >= 11 is 10.6. The highest BCUT2D eigenvalue weighted by atomic mass is 79.9. The lowest BCUT2D eigenvalue weighted by Gasteiger charge is -1.95. The Hall–Kier alpha value is -0.320. The minimum atomic E-state index is 0.880. The van der Waals surface area contributed by atoms with E-state index < -0.39 is 0 Å². The Morgan fingerprint density at radius 1 is 0.938 bits per heavy atom. The van der Waals surface area contributed by atoms with E-state index in [-0.39, 0.29) is 0 Å². The molecule has 1 heterocycles. The van der Waals surface area contributed by atoms with E-state index in [1.165, 1.54) is 0 Å². The van der Waals surface area contributed by atoms with Gasteiger partial charge in [0.05, 0.1) is 4.47 Å². The fourth-order valence-corrected chi connectivity index (χ4v) is 3.68. The summed E-state index contributed by atoms with van der Waals surface area (Å²) in [5.41, 5.74) is 1.77. The number of benzene rings is 2. The van der Waals surface area contributed by atoms with Crippen molar-refractivity contribution in [1.82, 2.24) is 0 Å². The molecule has 3 aromatic rings. The highest BCUT2D eigenvalue weighted by Gasteiger charge is 2.12. The summed E-state index contributed by atoms with van der Waals surface area (Å²) in [4.78, 5) is 0. The Kier molecular flexibility index (Phi) is 2.61. The van der Waals surface area contributed by atoms with Crippen LogP contribution in [-0.4, -0.2) is 0 Å². The third-order valence-corrected chi connectivity index (χ3v) is 4.17. The quantitative estimate of drug-likeness (QED) is 0.456. The standard InChI is InChI=1S/C12H5Br3O/c13-6-4-7-11-8(14)2-1-3-10(11)16-12(7)9(15)5-6/h1-5H. The number of furan rings is 1. The van der Waals surface area contributed by atoms with Crippen molar-refractivity contribution < 1.29 is 4.42 Å². The summed E-state index contributed by atoms with van der Waals surface area (Å²) in [6.07, 6.45) is 0. The Morgan fingerprint density at radius 3 is 2.56 bits per heavy atom. The van der Waals surface area contributed by atoms with Crippen molar-refractivity contribution in [2.24, 2.45) is 0 Å². The number of halogens is 3. The molecular weight excluding hydrogens is 400 g/mol. The third kappa shape index (κ3) is 1.55. The van der Waals surface area contributed by atoms with Crippen LogP contribution < -0.4 is 0 Å². The largest absolute Gasteiger partial charge is 0.455 e. The van der Waals surface area contributed by atoms with Crippen LogP contribution in [0.2, 0.25) is 0 Å². The van der Waals surface area contributed by atoms with Gasteiger partial charge in [0.2, 0.25) is 0 Å². The lowest BCUT2D eigenvalue weighted by Crippen LogP contribution is -1.71. The van der Waals surface area contributed by atoms with Gasteiger partial charge in [0.25, 0.3) is 0 Å². The lowest BCUT2D eigenvalue weighted by atomic mass is 10.1. The van der Waals surface area contributed by atoms with Crippen molar-refractivity contribution in [3.05, 3.63) is 43.7 Å². The zero-order valence-corrected chi connectivity index (χ0v) is 12.7. The van der Waals surface area contributed by atoms with Gasteiger partial charge in [-0.2, -0.15) is 0 Å². The van der Waals surface area contributed by atoms with Crippen molar-refractivity contribution in [3.8, 4) is 0 Å². The maximum absolute atomic E-state index is 5.82. The monoisotopic (exact) mass is 402 g/mol. The van der Waals surface area contributed by atoms with E-state index in [1.807, 2.05) is 24.3 Å². The van der Waals surface area contributed by atoms with Crippen molar-refractivity contribution in [2.75, 3.05) is 0 Å². The van der Waals surface area contributed by atoms with Crippen LogP contribution in [0.5, 0.6) is 0 Å². The smallest absolute Gasteiger partial charge is 0.149 e. The van der Waals surface area contributed by atoms with Crippen molar-refractivity contribution in [2.45, 2.75) is 0 Å². The first-order valence-corrected chi connectivity index (χ1v) is 7.00. The summed E-state index contributed by atoms with van der Waals surface area (Å²) in [6, 6.07) is 10.0. The van der Waals surface area contributed by atoms with Gasteiger partial charge in [-0.1, -0.05) is 37.9 Å². The molecule has 0 aliphatic carbocycles. The van der Waals surface area contributed by atoms with Gasteiger partial charge >= 0.3 is 0 Å².